The Kier molecular flexibility index (Phi) is 5.09. The number of aromatic amines is 1. The third-order valence-electron chi connectivity index (χ3n) is 5.29. The van der Waals surface area contributed by atoms with Crippen molar-refractivity contribution in [1.82, 2.24) is 15.0 Å². The third kappa shape index (κ3) is 3.65. The van der Waals surface area contributed by atoms with Crippen molar-refractivity contribution in [2.24, 2.45) is 0 Å². The van der Waals surface area contributed by atoms with Gasteiger partial charge in [0.1, 0.15) is 29.9 Å². The zero-order valence-electron chi connectivity index (χ0n) is 15.8. The largest absolute Gasteiger partial charge is 0.456 e. The number of pyridine rings is 1. The summed E-state index contributed by atoms with van der Waals surface area (Å²) in [6.45, 7) is 0.401. The lowest BCUT2D eigenvalue weighted by molar-refractivity contribution is 0.00706. The van der Waals surface area contributed by atoms with E-state index in [4.69, 9.17) is 25.8 Å². The number of Topliss-reactive ketones (excluding diaryl/α,β-unsaturated/α-hetero) is 1. The van der Waals surface area contributed by atoms with Crippen molar-refractivity contribution in [3.63, 3.8) is 0 Å². The molecule has 2 aliphatic heterocycles. The molecule has 0 amide bonds. The quantitative estimate of drug-likeness (QED) is 0.573. The smallest absolute Gasteiger partial charge is 0.296 e. The fourth-order valence-electron chi connectivity index (χ4n) is 3.81. The highest BCUT2D eigenvalue weighted by atomic mass is 35.5. The van der Waals surface area contributed by atoms with Gasteiger partial charge >= 0.3 is 0 Å². The number of ketones is 1. The fraction of sp³-hybridized carbons (Fsp3) is 0.350. The molecule has 2 N–H and O–H groups in total. The van der Waals surface area contributed by atoms with E-state index in [9.17, 15) is 18.7 Å². The van der Waals surface area contributed by atoms with Crippen LogP contribution in [0.1, 0.15) is 16.1 Å². The van der Waals surface area contributed by atoms with Crippen molar-refractivity contribution in [3.8, 4) is 6.01 Å². The van der Waals surface area contributed by atoms with Crippen molar-refractivity contribution >= 4 is 28.5 Å². The number of aliphatic hydroxyl groups excluding tert-OH is 1. The van der Waals surface area contributed by atoms with Gasteiger partial charge in [0, 0.05) is 0 Å². The topological polar surface area (TPSA) is 107 Å². The number of nitrogens with zero attached hydrogens (tertiary/aromatic N) is 2. The molecule has 3 aromatic rings. The summed E-state index contributed by atoms with van der Waals surface area (Å²) in [5, 5.41) is 9.96. The van der Waals surface area contributed by atoms with Gasteiger partial charge in [-0.2, -0.15) is 4.98 Å². The first kappa shape index (κ1) is 20.3. The molecule has 31 heavy (non-hydrogen) atoms. The predicted molar refractivity (Wildman–Crippen MR) is 103 cm³/mol. The van der Waals surface area contributed by atoms with Crippen LogP contribution in [-0.4, -0.2) is 63.5 Å². The van der Waals surface area contributed by atoms with E-state index in [0.29, 0.717) is 5.52 Å². The molecular formula is C20H16ClF2N3O5. The lowest BCUT2D eigenvalue weighted by Gasteiger charge is -2.15. The number of hydrogen-bond donors (Lipinski definition) is 2. The molecule has 0 saturated carbocycles. The minimum atomic E-state index is -0.950. The molecule has 0 unspecified atom stereocenters. The zero-order chi connectivity index (χ0) is 21.7. The van der Waals surface area contributed by atoms with Crippen LogP contribution in [0.25, 0.3) is 11.2 Å². The molecule has 0 radical (unpaired) electrons. The molecular weight excluding hydrogens is 436 g/mol. The number of rotatable bonds is 5. The van der Waals surface area contributed by atoms with Crippen LogP contribution in [0.4, 0.5) is 8.78 Å². The van der Waals surface area contributed by atoms with Crippen LogP contribution in [-0.2, 0) is 15.9 Å². The Morgan fingerprint density at radius 1 is 1.23 bits per heavy atom. The van der Waals surface area contributed by atoms with Crippen LogP contribution in [0.5, 0.6) is 6.01 Å². The molecule has 0 bridgehead atoms. The number of carbonyl (C=O) groups excluding carboxylic acids is 1. The molecule has 0 aliphatic carbocycles. The van der Waals surface area contributed by atoms with E-state index >= 15 is 0 Å². The third-order valence-corrected chi connectivity index (χ3v) is 5.62. The van der Waals surface area contributed by atoms with E-state index in [0.717, 1.165) is 12.1 Å². The van der Waals surface area contributed by atoms with E-state index in [1.807, 2.05) is 0 Å². The lowest BCUT2D eigenvalue weighted by Crippen LogP contribution is -2.34. The first-order valence-corrected chi connectivity index (χ1v) is 9.89. The van der Waals surface area contributed by atoms with Gasteiger partial charge in [0.15, 0.2) is 17.5 Å². The van der Waals surface area contributed by atoms with Crippen LogP contribution in [0.3, 0.4) is 0 Å². The highest BCUT2D eigenvalue weighted by Gasteiger charge is 2.48. The summed E-state index contributed by atoms with van der Waals surface area (Å²) in [7, 11) is 0. The van der Waals surface area contributed by atoms with E-state index in [1.54, 1.807) is 0 Å². The van der Waals surface area contributed by atoms with Crippen LogP contribution in [0.15, 0.2) is 24.3 Å². The van der Waals surface area contributed by atoms with Crippen molar-refractivity contribution in [2.45, 2.75) is 30.8 Å². The second-order valence-electron chi connectivity index (χ2n) is 7.35. The number of carbonyl (C=O) groups is 1. The lowest BCUT2D eigenvalue weighted by atomic mass is 10.0. The molecule has 4 heterocycles. The van der Waals surface area contributed by atoms with E-state index < -0.39 is 53.8 Å². The Bertz CT molecular complexity index is 1150. The van der Waals surface area contributed by atoms with Crippen molar-refractivity contribution in [1.29, 1.82) is 0 Å². The summed E-state index contributed by atoms with van der Waals surface area (Å²) in [6, 6.07) is 4.85. The van der Waals surface area contributed by atoms with Crippen LogP contribution in [0, 0.1) is 11.6 Å². The Balaban J connectivity index is 1.37. The molecule has 1 aromatic carbocycles. The fourth-order valence-corrected chi connectivity index (χ4v) is 4.02. The summed E-state index contributed by atoms with van der Waals surface area (Å²) in [6.07, 6.45) is -2.43. The molecule has 8 nitrogen and oxygen atoms in total. The molecule has 2 fully saturated rings. The number of aliphatic hydroxyl groups is 1. The van der Waals surface area contributed by atoms with Crippen LogP contribution < -0.4 is 4.74 Å². The summed E-state index contributed by atoms with van der Waals surface area (Å²) in [5.41, 5.74) is 0.169. The maximum absolute atomic E-state index is 13.9. The zero-order valence-corrected chi connectivity index (χ0v) is 16.6. The minimum absolute atomic E-state index is 0.131. The van der Waals surface area contributed by atoms with Gasteiger partial charge in [0.05, 0.1) is 41.4 Å². The SMILES string of the molecule is O=C(Cc1nc2nc(O[C@@H]3CO[C@H]4[C@@H]3OC[C@H]4O)[nH]c2cc1Cl)c1c(F)cccc1F. The molecule has 0 spiro atoms. The maximum Gasteiger partial charge on any atom is 0.296 e. The molecule has 2 aromatic heterocycles. The Labute approximate surface area is 179 Å². The first-order valence-electron chi connectivity index (χ1n) is 9.51. The summed E-state index contributed by atoms with van der Waals surface area (Å²) < 4.78 is 44.6. The Morgan fingerprint density at radius 3 is 2.74 bits per heavy atom. The minimum Gasteiger partial charge on any atom is -0.456 e. The molecule has 2 saturated heterocycles. The average Bonchev–Trinajstić information content (AvgIpc) is 3.39. The molecule has 2 aliphatic rings. The van der Waals surface area contributed by atoms with Gasteiger partial charge in [-0.25, -0.2) is 13.8 Å². The second kappa shape index (κ2) is 7.79. The number of benzene rings is 1. The number of H-pyrrole nitrogens is 1. The highest BCUT2D eigenvalue weighted by molar-refractivity contribution is 6.32. The van der Waals surface area contributed by atoms with Crippen molar-refractivity contribution < 1.29 is 32.9 Å². The number of halogens is 3. The van der Waals surface area contributed by atoms with Gasteiger partial charge in [-0.3, -0.25) is 4.79 Å². The second-order valence-corrected chi connectivity index (χ2v) is 7.75. The van der Waals surface area contributed by atoms with Gasteiger partial charge in [-0.05, 0) is 18.2 Å². The van der Waals surface area contributed by atoms with Gasteiger partial charge in [0.2, 0.25) is 0 Å². The highest BCUT2D eigenvalue weighted by Crippen LogP contribution is 2.30. The van der Waals surface area contributed by atoms with Gasteiger partial charge in [-0.1, -0.05) is 17.7 Å². The average molecular weight is 452 g/mol. The normalized spacial score (nSPS) is 25.2. The van der Waals surface area contributed by atoms with Crippen molar-refractivity contribution in [2.75, 3.05) is 13.2 Å². The Hall–Kier alpha value is -2.66. The van der Waals surface area contributed by atoms with Crippen LogP contribution >= 0.6 is 11.6 Å². The van der Waals surface area contributed by atoms with Gasteiger partial charge in [-0.15, -0.1) is 0 Å². The van der Waals surface area contributed by atoms with Gasteiger partial charge < -0.3 is 24.3 Å². The first-order chi connectivity index (χ1) is 14.9. The molecule has 5 rings (SSSR count). The number of nitrogens with one attached hydrogen (secondary N) is 1. The van der Waals surface area contributed by atoms with E-state index in [1.165, 1.54) is 12.1 Å². The van der Waals surface area contributed by atoms with Crippen molar-refractivity contribution in [3.05, 3.63) is 52.2 Å². The maximum atomic E-state index is 13.9. The summed E-state index contributed by atoms with van der Waals surface area (Å²) in [5.74, 6) is -2.69. The van der Waals surface area contributed by atoms with E-state index in [-0.39, 0.29) is 35.6 Å². The summed E-state index contributed by atoms with van der Waals surface area (Å²) >= 11 is 6.22. The Morgan fingerprint density at radius 2 is 1.97 bits per heavy atom. The monoisotopic (exact) mass is 451 g/mol. The number of ether oxygens (including phenoxy) is 3. The summed E-state index contributed by atoms with van der Waals surface area (Å²) in [4.78, 5) is 23.9. The molecule has 11 heteroatoms. The number of aromatic nitrogens is 3. The van der Waals surface area contributed by atoms with E-state index in [2.05, 4.69) is 15.0 Å². The number of imidazole rings is 1. The number of fused-ring (bicyclic) bond motifs is 2. The van der Waals surface area contributed by atoms with Crippen LogP contribution in [0.2, 0.25) is 5.02 Å². The standard InChI is InChI=1S/C20H16ClF2N3O5/c21-8-4-12-19(24-11(8)5-13(27)16-9(22)2-1-3-10(16)23)26-20(25-12)31-15-7-30-17-14(28)6-29-18(15)17/h1-4,14-15,17-18,28H,5-7H2,(H,24,25,26)/t14-,15-,17-,18-/m1/s1. The predicted octanol–water partition coefficient (Wildman–Crippen LogP) is 2.22. The number of hydrogen-bond acceptors (Lipinski definition) is 7. The molecule has 162 valence electrons. The van der Waals surface area contributed by atoms with Gasteiger partial charge in [0.25, 0.3) is 6.01 Å². The molecule has 4 atom stereocenters.